The van der Waals surface area contributed by atoms with E-state index in [1.54, 1.807) is 0 Å². The highest BCUT2D eigenvalue weighted by Crippen LogP contribution is 2.45. The van der Waals surface area contributed by atoms with Gasteiger partial charge in [0.25, 0.3) is 0 Å². The van der Waals surface area contributed by atoms with Crippen LogP contribution in [0.15, 0.2) is 18.2 Å². The van der Waals surface area contributed by atoms with E-state index in [4.69, 9.17) is 0 Å². The van der Waals surface area contributed by atoms with Crippen molar-refractivity contribution >= 4 is 30.0 Å². The van der Waals surface area contributed by atoms with E-state index in [1.165, 1.54) is 18.2 Å². The van der Waals surface area contributed by atoms with Crippen molar-refractivity contribution in [3.05, 3.63) is 29.3 Å². The third-order valence-corrected chi connectivity index (χ3v) is 4.99. The summed E-state index contributed by atoms with van der Waals surface area (Å²) in [5.74, 6) is 0.0601. The molecule has 2 atom stereocenters. The number of halogens is 1. The minimum absolute atomic E-state index is 0. The number of anilines is 1. The van der Waals surface area contributed by atoms with E-state index in [0.29, 0.717) is 5.92 Å². The van der Waals surface area contributed by atoms with Gasteiger partial charge in [-0.1, -0.05) is 17.7 Å². The van der Waals surface area contributed by atoms with Gasteiger partial charge in [-0.3, -0.25) is 9.59 Å². The van der Waals surface area contributed by atoms with Crippen molar-refractivity contribution in [2.45, 2.75) is 38.1 Å². The molecule has 0 spiro atoms. The Morgan fingerprint density at radius 1 is 1.29 bits per heavy atom. The number of esters is 1. The van der Waals surface area contributed by atoms with Gasteiger partial charge in [-0.25, -0.2) is 0 Å². The number of amides is 1. The molecule has 0 saturated carbocycles. The van der Waals surface area contributed by atoms with Crippen LogP contribution in [0.25, 0.3) is 0 Å². The molecule has 1 aromatic rings. The number of hydrogen-bond acceptors (Lipinski definition) is 4. The highest BCUT2D eigenvalue weighted by Gasteiger charge is 2.43. The molecular weight excluding hydrogens is 328 g/mol. The molecule has 24 heavy (non-hydrogen) atoms. The zero-order valence-electron chi connectivity index (χ0n) is 14.4. The molecule has 0 unspecified atom stereocenters. The van der Waals surface area contributed by atoms with Crippen LogP contribution >= 0.6 is 12.4 Å². The number of aryl methyl sites for hydroxylation is 1. The zero-order chi connectivity index (χ0) is 16.6. The summed E-state index contributed by atoms with van der Waals surface area (Å²) in [6.07, 6.45) is 1.32. The summed E-state index contributed by atoms with van der Waals surface area (Å²) in [6.45, 7) is 4.06. The van der Waals surface area contributed by atoms with Crippen molar-refractivity contribution in [1.29, 1.82) is 0 Å². The first-order valence-corrected chi connectivity index (χ1v) is 8.19. The second-order valence-electron chi connectivity index (χ2n) is 6.63. The van der Waals surface area contributed by atoms with E-state index in [-0.39, 0.29) is 43.2 Å². The van der Waals surface area contributed by atoms with Gasteiger partial charge in [-0.2, -0.15) is 0 Å². The monoisotopic (exact) mass is 352 g/mol. The van der Waals surface area contributed by atoms with Gasteiger partial charge in [-0.15, -0.1) is 12.4 Å². The Morgan fingerprint density at radius 3 is 2.75 bits per heavy atom. The van der Waals surface area contributed by atoms with Gasteiger partial charge in [0.1, 0.15) is 0 Å². The average Bonchev–Trinajstić information content (AvgIpc) is 2.85. The number of hydrogen-bond donors (Lipinski definition) is 0. The van der Waals surface area contributed by atoms with Crippen molar-refractivity contribution < 1.29 is 14.3 Å². The minimum atomic E-state index is -0.332. The summed E-state index contributed by atoms with van der Waals surface area (Å²) >= 11 is 0. The van der Waals surface area contributed by atoms with Crippen LogP contribution < -0.4 is 4.90 Å². The molecule has 0 aromatic heterocycles. The third kappa shape index (κ3) is 3.42. The lowest BCUT2D eigenvalue weighted by Gasteiger charge is -2.36. The molecule has 2 heterocycles. The van der Waals surface area contributed by atoms with E-state index in [0.717, 1.165) is 25.2 Å². The molecule has 0 aliphatic carbocycles. The predicted octanol–water partition coefficient (Wildman–Crippen LogP) is 2.50. The number of ether oxygens (including phenoxy) is 1. The lowest BCUT2D eigenvalue weighted by molar-refractivity contribution is -0.141. The number of likely N-dealkylation sites (tertiary alicyclic amines) is 1. The van der Waals surface area contributed by atoms with Crippen LogP contribution in [0.2, 0.25) is 0 Å². The number of likely N-dealkylation sites (N-methyl/N-ethyl adjacent to an activating group) is 1. The number of carbonyl (C=O) groups excluding carboxylic acids is 2. The molecule has 1 fully saturated rings. The van der Waals surface area contributed by atoms with Crippen molar-refractivity contribution in [3.8, 4) is 0 Å². The van der Waals surface area contributed by atoms with E-state index >= 15 is 0 Å². The Kier molecular flexibility index (Phi) is 5.88. The summed E-state index contributed by atoms with van der Waals surface area (Å²) in [5.41, 5.74) is 3.52. The maximum Gasteiger partial charge on any atom is 0.306 e. The molecule has 1 aromatic carbocycles. The van der Waals surface area contributed by atoms with Gasteiger partial charge < -0.3 is 14.5 Å². The minimum Gasteiger partial charge on any atom is -0.469 e. The van der Waals surface area contributed by atoms with Crippen molar-refractivity contribution in [1.82, 2.24) is 4.90 Å². The van der Waals surface area contributed by atoms with E-state index in [2.05, 4.69) is 41.8 Å². The first-order valence-electron chi connectivity index (χ1n) is 8.19. The second kappa shape index (κ2) is 7.53. The number of carbonyl (C=O) groups is 2. The summed E-state index contributed by atoms with van der Waals surface area (Å²) < 4.78 is 4.65. The number of methoxy groups -OCH3 is 1. The molecule has 0 N–H and O–H groups in total. The standard InChI is InChI=1S/C18H24N2O3.ClH/c1-12-4-5-15-13(10-12)14-11-19(2)9-8-16(14)20(15)17(21)6-7-18(22)23-3;/h4-5,10,14,16H,6-9,11H2,1-3H3;1H/t14-,16-;/m0./s1. The molecule has 5 nitrogen and oxygen atoms in total. The number of rotatable bonds is 3. The van der Waals surface area contributed by atoms with Crippen LogP contribution in [-0.2, 0) is 14.3 Å². The second-order valence-corrected chi connectivity index (χ2v) is 6.63. The van der Waals surface area contributed by atoms with E-state index in [9.17, 15) is 9.59 Å². The highest BCUT2D eigenvalue weighted by atomic mass is 35.5. The first kappa shape index (κ1) is 18.7. The zero-order valence-corrected chi connectivity index (χ0v) is 15.3. The molecular formula is C18H25ClN2O3. The van der Waals surface area contributed by atoms with Crippen molar-refractivity contribution in [3.63, 3.8) is 0 Å². The van der Waals surface area contributed by atoms with Gasteiger partial charge in [0.05, 0.1) is 13.5 Å². The van der Waals surface area contributed by atoms with Crippen molar-refractivity contribution in [2.24, 2.45) is 0 Å². The molecule has 2 aliphatic rings. The van der Waals surface area contributed by atoms with Crippen LogP contribution in [0.5, 0.6) is 0 Å². The molecule has 2 aliphatic heterocycles. The fourth-order valence-corrected chi connectivity index (χ4v) is 3.84. The Labute approximate surface area is 149 Å². The van der Waals surface area contributed by atoms with Gasteiger partial charge in [0.15, 0.2) is 0 Å². The predicted molar refractivity (Wildman–Crippen MR) is 95.8 cm³/mol. The first-order chi connectivity index (χ1) is 11.0. The molecule has 1 saturated heterocycles. The quantitative estimate of drug-likeness (QED) is 0.784. The Hall–Kier alpha value is -1.59. The lowest BCUT2D eigenvalue weighted by Crippen LogP contribution is -2.47. The number of fused-ring (bicyclic) bond motifs is 3. The topological polar surface area (TPSA) is 49.9 Å². The average molecular weight is 353 g/mol. The number of piperidine rings is 1. The molecule has 0 radical (unpaired) electrons. The fraction of sp³-hybridized carbons (Fsp3) is 0.556. The third-order valence-electron chi connectivity index (χ3n) is 4.99. The fourth-order valence-electron chi connectivity index (χ4n) is 3.84. The van der Waals surface area contributed by atoms with Crippen LogP contribution in [0, 0.1) is 6.92 Å². The summed E-state index contributed by atoms with van der Waals surface area (Å²) in [5, 5.41) is 0. The highest BCUT2D eigenvalue weighted by molar-refractivity contribution is 5.98. The van der Waals surface area contributed by atoms with Crippen molar-refractivity contribution in [2.75, 3.05) is 32.1 Å². The maximum atomic E-state index is 12.8. The summed E-state index contributed by atoms with van der Waals surface area (Å²) in [6, 6.07) is 6.53. The van der Waals surface area contributed by atoms with Crippen LogP contribution in [0.3, 0.4) is 0 Å². The van der Waals surface area contributed by atoms with E-state index in [1.807, 2.05) is 4.90 Å². The Balaban J connectivity index is 0.00000208. The smallest absolute Gasteiger partial charge is 0.306 e. The molecule has 0 bridgehead atoms. The van der Waals surface area contributed by atoms with Gasteiger partial charge >= 0.3 is 5.97 Å². The normalized spacial score (nSPS) is 22.4. The Bertz CT molecular complexity index is 635. The number of benzene rings is 1. The molecule has 132 valence electrons. The van der Waals surface area contributed by atoms with E-state index < -0.39 is 0 Å². The number of nitrogens with zero attached hydrogens (tertiary/aromatic N) is 2. The van der Waals surface area contributed by atoms with Crippen LogP contribution in [0.1, 0.15) is 36.3 Å². The van der Waals surface area contributed by atoms with Crippen LogP contribution in [-0.4, -0.2) is 50.1 Å². The maximum absolute atomic E-state index is 12.8. The SMILES string of the molecule is COC(=O)CCC(=O)N1c2ccc(C)cc2[C@@H]2CN(C)CC[C@@H]21.Cl. The van der Waals surface area contributed by atoms with Crippen LogP contribution in [0.4, 0.5) is 5.69 Å². The van der Waals surface area contributed by atoms with Gasteiger partial charge in [0, 0.05) is 30.6 Å². The van der Waals surface area contributed by atoms with Gasteiger partial charge in [0.2, 0.25) is 5.91 Å². The Morgan fingerprint density at radius 2 is 2.04 bits per heavy atom. The molecule has 1 amide bonds. The largest absolute Gasteiger partial charge is 0.469 e. The molecule has 6 heteroatoms. The lowest BCUT2D eigenvalue weighted by atomic mass is 9.89. The van der Waals surface area contributed by atoms with Gasteiger partial charge in [-0.05, 0) is 38.6 Å². The molecule has 3 rings (SSSR count). The summed E-state index contributed by atoms with van der Waals surface area (Å²) in [4.78, 5) is 28.4. The summed E-state index contributed by atoms with van der Waals surface area (Å²) in [7, 11) is 3.49.